The minimum Gasteiger partial charge on any atom is -0.472 e. The molecular weight excluding hydrogens is 423 g/mol. The smallest absolute Gasteiger partial charge is 0.260 e. The molecule has 2 amide bonds. The number of anilines is 2. The maximum atomic E-state index is 14.8. The van der Waals surface area contributed by atoms with Gasteiger partial charge in [0.25, 0.3) is 11.8 Å². The molecule has 3 aromatic rings. The van der Waals surface area contributed by atoms with E-state index < -0.39 is 11.8 Å². The van der Waals surface area contributed by atoms with Crippen molar-refractivity contribution in [3.05, 3.63) is 78.1 Å². The Morgan fingerprint density at radius 3 is 2.52 bits per heavy atom. The number of hydrogen-bond acceptors (Lipinski definition) is 6. The van der Waals surface area contributed by atoms with Crippen LogP contribution in [0.5, 0.6) is 0 Å². The van der Waals surface area contributed by atoms with Crippen molar-refractivity contribution < 1.29 is 18.4 Å². The maximum Gasteiger partial charge on any atom is 0.260 e. The van der Waals surface area contributed by atoms with Crippen LogP contribution in [0.15, 0.2) is 65.6 Å². The molecule has 168 valence electrons. The van der Waals surface area contributed by atoms with E-state index in [2.05, 4.69) is 22.6 Å². The topological polar surface area (TPSA) is 77.8 Å². The standard InChI is InChI=1S/C25H23FN4O3/c1-29-7-9-30(10-8-29)23-5-3-18(13-22(23)26)27-14-21-20-12-16(17-6-11-33-15-17)2-4-19(20)24(31)28-25(21)32/h2-6,11-15,27H,7-10H2,1H3,(H,28,31,32)/b21-14-. The Balaban J connectivity index is 1.42. The summed E-state index contributed by atoms with van der Waals surface area (Å²) in [4.78, 5) is 29.2. The van der Waals surface area contributed by atoms with E-state index in [4.69, 9.17) is 4.42 Å². The van der Waals surface area contributed by atoms with E-state index in [9.17, 15) is 14.0 Å². The van der Waals surface area contributed by atoms with Gasteiger partial charge in [0, 0.05) is 54.8 Å². The minimum absolute atomic E-state index is 0.290. The highest BCUT2D eigenvalue weighted by Gasteiger charge is 2.27. The van der Waals surface area contributed by atoms with Crippen LogP contribution in [0.25, 0.3) is 16.7 Å². The van der Waals surface area contributed by atoms with Crippen molar-refractivity contribution in [2.45, 2.75) is 0 Å². The second-order valence-electron chi connectivity index (χ2n) is 8.21. The third-order valence-electron chi connectivity index (χ3n) is 6.06. The molecule has 0 spiro atoms. The zero-order valence-electron chi connectivity index (χ0n) is 18.1. The summed E-state index contributed by atoms with van der Waals surface area (Å²) in [6.45, 7) is 3.32. The highest BCUT2D eigenvalue weighted by molar-refractivity contribution is 6.31. The number of amides is 2. The first-order valence-corrected chi connectivity index (χ1v) is 10.7. The molecular formula is C25H23FN4O3. The molecule has 2 aliphatic heterocycles. The molecule has 33 heavy (non-hydrogen) atoms. The maximum absolute atomic E-state index is 14.8. The third kappa shape index (κ3) is 4.12. The van der Waals surface area contributed by atoms with Crippen LogP contribution in [0.3, 0.4) is 0 Å². The number of rotatable bonds is 4. The zero-order chi connectivity index (χ0) is 22.9. The number of nitrogens with one attached hydrogen (secondary N) is 2. The van der Waals surface area contributed by atoms with E-state index in [1.807, 2.05) is 4.90 Å². The molecule has 0 atom stereocenters. The van der Waals surface area contributed by atoms with E-state index >= 15 is 0 Å². The highest BCUT2D eigenvalue weighted by Crippen LogP contribution is 2.30. The Bertz CT molecular complexity index is 1240. The molecule has 1 saturated heterocycles. The van der Waals surface area contributed by atoms with Crippen molar-refractivity contribution in [1.29, 1.82) is 0 Å². The lowest BCUT2D eigenvalue weighted by atomic mass is 9.92. The number of fused-ring (bicyclic) bond motifs is 1. The van der Waals surface area contributed by atoms with Crippen LogP contribution in [-0.2, 0) is 4.79 Å². The molecule has 0 radical (unpaired) electrons. The molecule has 0 unspecified atom stereocenters. The first kappa shape index (κ1) is 21.0. The average molecular weight is 446 g/mol. The van der Waals surface area contributed by atoms with Crippen molar-refractivity contribution >= 4 is 28.8 Å². The molecule has 0 aliphatic carbocycles. The van der Waals surface area contributed by atoms with Crippen molar-refractivity contribution in [3.8, 4) is 11.1 Å². The molecule has 1 fully saturated rings. The molecule has 0 bridgehead atoms. The molecule has 2 N–H and O–H groups in total. The monoisotopic (exact) mass is 446 g/mol. The number of benzene rings is 2. The fourth-order valence-electron chi connectivity index (χ4n) is 4.13. The molecule has 2 aromatic carbocycles. The number of hydrogen-bond donors (Lipinski definition) is 2. The summed E-state index contributed by atoms with van der Waals surface area (Å²) in [5, 5.41) is 5.37. The number of carbonyl (C=O) groups is 2. The number of likely N-dealkylation sites (N-methyl/N-ethyl adjacent to an activating group) is 1. The molecule has 0 saturated carbocycles. The van der Waals surface area contributed by atoms with Gasteiger partial charge in [-0.1, -0.05) is 6.07 Å². The van der Waals surface area contributed by atoms with E-state index in [-0.39, 0.29) is 5.82 Å². The van der Waals surface area contributed by atoms with Gasteiger partial charge in [0.05, 0.1) is 23.8 Å². The Morgan fingerprint density at radius 2 is 1.79 bits per heavy atom. The Hall–Kier alpha value is -3.91. The molecule has 3 heterocycles. The van der Waals surface area contributed by atoms with Crippen molar-refractivity contribution in [1.82, 2.24) is 10.2 Å². The van der Waals surface area contributed by atoms with Crippen LogP contribution in [0, 0.1) is 5.82 Å². The first-order valence-electron chi connectivity index (χ1n) is 10.7. The normalized spacial score (nSPS) is 17.8. The summed E-state index contributed by atoms with van der Waals surface area (Å²) in [6, 6.07) is 12.0. The van der Waals surface area contributed by atoms with Gasteiger partial charge in [0.2, 0.25) is 0 Å². The fraction of sp³-hybridized carbons (Fsp3) is 0.200. The predicted molar refractivity (Wildman–Crippen MR) is 124 cm³/mol. The summed E-state index contributed by atoms with van der Waals surface area (Å²) < 4.78 is 20.0. The Morgan fingerprint density at radius 1 is 0.970 bits per heavy atom. The quantitative estimate of drug-likeness (QED) is 0.471. The summed E-state index contributed by atoms with van der Waals surface area (Å²) in [6.07, 6.45) is 4.66. The van der Waals surface area contributed by atoms with Gasteiger partial charge in [-0.2, -0.15) is 0 Å². The van der Waals surface area contributed by atoms with Crippen molar-refractivity contribution in [2.75, 3.05) is 43.4 Å². The van der Waals surface area contributed by atoms with E-state index in [1.165, 1.54) is 12.3 Å². The van der Waals surface area contributed by atoms with Crippen LogP contribution in [0.4, 0.5) is 15.8 Å². The second kappa shape index (κ2) is 8.55. The molecule has 8 heteroatoms. The van der Waals surface area contributed by atoms with E-state index in [1.54, 1.807) is 48.9 Å². The number of furan rings is 1. The molecule has 5 rings (SSSR count). The van der Waals surface area contributed by atoms with Gasteiger partial charge in [-0.05, 0) is 49.0 Å². The molecule has 1 aromatic heterocycles. The second-order valence-corrected chi connectivity index (χ2v) is 8.21. The predicted octanol–water partition coefficient (Wildman–Crippen LogP) is 3.56. The Labute approximate surface area is 190 Å². The van der Waals surface area contributed by atoms with Crippen molar-refractivity contribution in [2.24, 2.45) is 0 Å². The number of piperazine rings is 1. The average Bonchev–Trinajstić information content (AvgIpc) is 3.34. The van der Waals surface area contributed by atoms with Gasteiger partial charge in [0.1, 0.15) is 5.82 Å². The summed E-state index contributed by atoms with van der Waals surface area (Å²) >= 11 is 0. The third-order valence-corrected chi connectivity index (χ3v) is 6.06. The van der Waals surface area contributed by atoms with Crippen LogP contribution < -0.4 is 15.5 Å². The van der Waals surface area contributed by atoms with Gasteiger partial charge in [-0.3, -0.25) is 14.9 Å². The van der Waals surface area contributed by atoms with Crippen LogP contribution in [-0.4, -0.2) is 49.9 Å². The Kier molecular flexibility index (Phi) is 5.43. The number of imide groups is 1. The first-order chi connectivity index (χ1) is 16.0. The SMILES string of the molecule is CN1CCN(c2ccc(N/C=C3\C(=O)NC(=O)c4ccc(-c5ccoc5)cc43)cc2F)CC1. The minimum atomic E-state index is -0.515. The summed E-state index contributed by atoms with van der Waals surface area (Å²) in [5.74, 6) is -1.29. The van der Waals surface area contributed by atoms with Crippen LogP contribution in [0.2, 0.25) is 0 Å². The van der Waals surface area contributed by atoms with Crippen molar-refractivity contribution in [3.63, 3.8) is 0 Å². The lowest BCUT2D eigenvalue weighted by Crippen LogP contribution is -2.44. The van der Waals surface area contributed by atoms with Crippen LogP contribution in [0.1, 0.15) is 15.9 Å². The zero-order valence-corrected chi connectivity index (χ0v) is 18.1. The van der Waals surface area contributed by atoms with Gasteiger partial charge in [-0.15, -0.1) is 0 Å². The molecule has 7 nitrogen and oxygen atoms in total. The fourth-order valence-corrected chi connectivity index (χ4v) is 4.13. The van der Waals surface area contributed by atoms with Crippen LogP contribution >= 0.6 is 0 Å². The number of halogens is 1. The van der Waals surface area contributed by atoms with Gasteiger partial charge >= 0.3 is 0 Å². The van der Waals surface area contributed by atoms with Gasteiger partial charge in [-0.25, -0.2) is 4.39 Å². The summed E-state index contributed by atoms with van der Waals surface area (Å²) in [7, 11) is 2.06. The number of nitrogens with zero attached hydrogens (tertiary/aromatic N) is 2. The summed E-state index contributed by atoms with van der Waals surface area (Å²) in [5.41, 5.74) is 3.92. The van der Waals surface area contributed by atoms with E-state index in [0.717, 1.165) is 37.3 Å². The number of carbonyl (C=O) groups excluding carboxylic acids is 2. The lowest BCUT2D eigenvalue weighted by molar-refractivity contribution is -0.114. The van der Waals surface area contributed by atoms with Gasteiger partial charge in [0.15, 0.2) is 0 Å². The van der Waals surface area contributed by atoms with Gasteiger partial charge < -0.3 is 19.5 Å². The largest absolute Gasteiger partial charge is 0.472 e. The lowest BCUT2D eigenvalue weighted by Gasteiger charge is -2.34. The van der Waals surface area contributed by atoms with E-state index in [0.29, 0.717) is 28.1 Å². The highest BCUT2D eigenvalue weighted by atomic mass is 19.1. The molecule has 2 aliphatic rings.